The SMILES string of the molecule is Cc1noc(C)c1N1CCCC(N2CCC(NC(=O)CNc3n[nH]c4ccc(C(F)(F)F)cc34)C2)CC1. The number of carbonyl (C=O) groups is 1. The fourth-order valence-corrected chi connectivity index (χ4v) is 5.60. The maximum atomic E-state index is 13.1. The van der Waals surface area contributed by atoms with Crippen molar-refractivity contribution in [3.63, 3.8) is 0 Å². The summed E-state index contributed by atoms with van der Waals surface area (Å²) in [6.07, 6.45) is -0.346. The Bertz CT molecular complexity index is 1240. The predicted molar refractivity (Wildman–Crippen MR) is 134 cm³/mol. The van der Waals surface area contributed by atoms with Gasteiger partial charge in [0.2, 0.25) is 5.91 Å². The molecule has 0 aliphatic carbocycles. The molecule has 0 bridgehead atoms. The number of nitrogens with zero attached hydrogens (tertiary/aromatic N) is 4. The Morgan fingerprint density at radius 3 is 2.78 bits per heavy atom. The number of aromatic amines is 1. The minimum absolute atomic E-state index is 0.0454. The molecule has 3 aromatic rings. The first-order chi connectivity index (χ1) is 17.7. The molecule has 0 saturated carbocycles. The topological polar surface area (TPSA) is 102 Å². The molecule has 9 nitrogen and oxygen atoms in total. The van der Waals surface area contributed by atoms with Crippen molar-refractivity contribution in [3.8, 4) is 0 Å². The third kappa shape index (κ3) is 5.53. The van der Waals surface area contributed by atoms with Gasteiger partial charge >= 0.3 is 6.18 Å². The number of amides is 1. The molecule has 1 amide bonds. The summed E-state index contributed by atoms with van der Waals surface area (Å²) < 4.78 is 44.6. The number of anilines is 2. The number of H-pyrrole nitrogens is 1. The third-order valence-electron chi connectivity index (χ3n) is 7.42. The van der Waals surface area contributed by atoms with Gasteiger partial charge in [0.05, 0.1) is 17.6 Å². The number of hydrogen-bond donors (Lipinski definition) is 3. The van der Waals surface area contributed by atoms with E-state index in [2.05, 4.69) is 35.8 Å². The van der Waals surface area contributed by atoms with Crippen LogP contribution in [0.2, 0.25) is 0 Å². The van der Waals surface area contributed by atoms with Crippen molar-refractivity contribution in [2.75, 3.05) is 42.9 Å². The molecule has 2 aliphatic heterocycles. The zero-order valence-electron chi connectivity index (χ0n) is 21.0. The van der Waals surface area contributed by atoms with Crippen LogP contribution in [0.15, 0.2) is 22.7 Å². The van der Waals surface area contributed by atoms with Gasteiger partial charge in [0.1, 0.15) is 11.4 Å². The Morgan fingerprint density at radius 2 is 2.03 bits per heavy atom. The van der Waals surface area contributed by atoms with Crippen LogP contribution in [0.1, 0.15) is 42.7 Å². The fourth-order valence-electron chi connectivity index (χ4n) is 5.60. The molecule has 2 saturated heterocycles. The number of hydrogen-bond acceptors (Lipinski definition) is 7. The van der Waals surface area contributed by atoms with E-state index in [9.17, 15) is 18.0 Å². The van der Waals surface area contributed by atoms with Crippen LogP contribution >= 0.6 is 0 Å². The van der Waals surface area contributed by atoms with Gasteiger partial charge in [-0.05, 0) is 57.7 Å². The van der Waals surface area contributed by atoms with Gasteiger partial charge in [-0.3, -0.25) is 14.8 Å². The third-order valence-corrected chi connectivity index (χ3v) is 7.42. The van der Waals surface area contributed by atoms with Crippen LogP contribution < -0.4 is 15.5 Å². The number of benzene rings is 1. The molecule has 5 rings (SSSR count). The standard InChI is InChI=1S/C25H32F3N7O2/c1-15-23(16(2)37-33-15)34-9-3-4-19(8-11-34)35-10-7-18(14-35)30-22(36)13-29-24-20-12-17(25(26,27)28)5-6-21(20)31-32-24/h5-6,12,18-19H,3-4,7-11,13-14H2,1-2H3,(H,30,36)(H2,29,31,32). The first kappa shape index (κ1) is 25.4. The molecule has 2 aliphatic rings. The number of likely N-dealkylation sites (tertiary alicyclic amines) is 1. The Hall–Kier alpha value is -3.28. The van der Waals surface area contributed by atoms with E-state index in [4.69, 9.17) is 4.52 Å². The molecule has 1 aromatic carbocycles. The highest BCUT2D eigenvalue weighted by Gasteiger charge is 2.32. The van der Waals surface area contributed by atoms with Crippen molar-refractivity contribution < 1.29 is 22.5 Å². The minimum Gasteiger partial charge on any atom is -0.367 e. The second kappa shape index (κ2) is 10.2. The highest BCUT2D eigenvalue weighted by atomic mass is 19.4. The number of aromatic nitrogens is 3. The Balaban J connectivity index is 1.11. The van der Waals surface area contributed by atoms with Crippen molar-refractivity contribution in [2.45, 2.75) is 57.8 Å². The first-order valence-corrected chi connectivity index (χ1v) is 12.7. The maximum absolute atomic E-state index is 13.1. The fraction of sp³-hybridized carbons (Fsp3) is 0.560. The quantitative estimate of drug-likeness (QED) is 0.455. The molecular weight excluding hydrogens is 487 g/mol. The first-order valence-electron chi connectivity index (χ1n) is 12.7. The van der Waals surface area contributed by atoms with E-state index in [1.54, 1.807) is 0 Å². The van der Waals surface area contributed by atoms with Crippen LogP contribution in [0, 0.1) is 13.8 Å². The second-order valence-electron chi connectivity index (χ2n) is 9.98. The summed E-state index contributed by atoms with van der Waals surface area (Å²) in [5.41, 5.74) is 1.75. The van der Waals surface area contributed by atoms with Crippen LogP contribution in [0.25, 0.3) is 10.9 Å². The van der Waals surface area contributed by atoms with E-state index in [-0.39, 0.29) is 24.3 Å². The molecule has 0 radical (unpaired) electrons. The van der Waals surface area contributed by atoms with E-state index in [1.165, 1.54) is 6.07 Å². The van der Waals surface area contributed by atoms with E-state index in [0.29, 0.717) is 16.9 Å². The van der Waals surface area contributed by atoms with Crippen LogP contribution in [0.3, 0.4) is 0 Å². The lowest BCUT2D eigenvalue weighted by Crippen LogP contribution is -2.42. The lowest BCUT2D eigenvalue weighted by Gasteiger charge is -2.27. The number of fused-ring (bicyclic) bond motifs is 1. The summed E-state index contributed by atoms with van der Waals surface area (Å²) in [5.74, 6) is 0.878. The summed E-state index contributed by atoms with van der Waals surface area (Å²) in [6, 6.07) is 3.89. The molecule has 3 N–H and O–H groups in total. The van der Waals surface area contributed by atoms with E-state index < -0.39 is 11.7 Å². The van der Waals surface area contributed by atoms with Crippen LogP contribution in [0.5, 0.6) is 0 Å². The lowest BCUT2D eigenvalue weighted by atomic mass is 10.1. The summed E-state index contributed by atoms with van der Waals surface area (Å²) >= 11 is 0. The molecule has 2 atom stereocenters. The highest BCUT2D eigenvalue weighted by molar-refractivity contribution is 5.92. The maximum Gasteiger partial charge on any atom is 0.416 e. The molecule has 37 heavy (non-hydrogen) atoms. The van der Waals surface area contributed by atoms with Gasteiger partial charge in [-0.2, -0.15) is 18.3 Å². The summed E-state index contributed by atoms with van der Waals surface area (Å²) in [7, 11) is 0. The molecular formula is C25H32F3N7O2. The van der Waals surface area contributed by atoms with E-state index in [0.717, 1.165) is 81.1 Å². The van der Waals surface area contributed by atoms with E-state index in [1.807, 2.05) is 13.8 Å². The molecule has 2 aromatic heterocycles. The van der Waals surface area contributed by atoms with Crippen molar-refractivity contribution in [3.05, 3.63) is 35.2 Å². The monoisotopic (exact) mass is 519 g/mol. The molecule has 0 spiro atoms. The normalized spacial score (nSPS) is 21.4. The zero-order chi connectivity index (χ0) is 26.2. The van der Waals surface area contributed by atoms with Gasteiger partial charge in [0.15, 0.2) is 11.6 Å². The van der Waals surface area contributed by atoms with Crippen LogP contribution in [-0.4, -0.2) is 71.0 Å². The number of nitrogens with one attached hydrogen (secondary N) is 3. The zero-order valence-corrected chi connectivity index (χ0v) is 21.0. The Morgan fingerprint density at radius 1 is 1.19 bits per heavy atom. The number of carbonyl (C=O) groups excluding carboxylic acids is 1. The number of aryl methyl sites for hydroxylation is 2. The molecule has 200 valence electrons. The largest absolute Gasteiger partial charge is 0.416 e. The summed E-state index contributed by atoms with van der Waals surface area (Å²) in [4.78, 5) is 17.4. The smallest absolute Gasteiger partial charge is 0.367 e. The molecule has 12 heteroatoms. The van der Waals surface area contributed by atoms with Gasteiger partial charge in [-0.15, -0.1) is 0 Å². The summed E-state index contributed by atoms with van der Waals surface area (Å²) in [5, 5.41) is 17.1. The second-order valence-corrected chi connectivity index (χ2v) is 9.98. The molecule has 2 unspecified atom stereocenters. The Labute approximate surface area is 212 Å². The van der Waals surface area contributed by atoms with Crippen molar-refractivity contribution in [1.29, 1.82) is 0 Å². The minimum atomic E-state index is -4.45. The van der Waals surface area contributed by atoms with Gasteiger partial charge in [-0.1, -0.05) is 5.16 Å². The van der Waals surface area contributed by atoms with Crippen molar-refractivity contribution in [2.24, 2.45) is 0 Å². The van der Waals surface area contributed by atoms with Gasteiger partial charge in [0, 0.05) is 43.6 Å². The van der Waals surface area contributed by atoms with Gasteiger partial charge in [0.25, 0.3) is 0 Å². The van der Waals surface area contributed by atoms with Gasteiger partial charge < -0.3 is 20.1 Å². The summed E-state index contributed by atoms with van der Waals surface area (Å²) in [6.45, 7) is 7.51. The predicted octanol–water partition coefficient (Wildman–Crippen LogP) is 3.85. The van der Waals surface area contributed by atoms with Crippen molar-refractivity contribution >= 4 is 28.3 Å². The average molecular weight is 520 g/mol. The average Bonchev–Trinajstić information content (AvgIpc) is 3.52. The number of alkyl halides is 3. The number of rotatable bonds is 6. The van der Waals surface area contributed by atoms with Gasteiger partial charge in [-0.25, -0.2) is 0 Å². The molecule has 4 heterocycles. The Kier molecular flexibility index (Phi) is 7.02. The lowest BCUT2D eigenvalue weighted by molar-refractivity contribution is -0.137. The van der Waals surface area contributed by atoms with Crippen molar-refractivity contribution in [1.82, 2.24) is 25.6 Å². The molecule has 2 fully saturated rings. The number of halogens is 3. The van der Waals surface area contributed by atoms with E-state index >= 15 is 0 Å². The van der Waals surface area contributed by atoms with Crippen LogP contribution in [-0.2, 0) is 11.0 Å². The van der Waals surface area contributed by atoms with Crippen LogP contribution in [0.4, 0.5) is 24.7 Å². The highest BCUT2D eigenvalue weighted by Crippen LogP contribution is 2.33.